The van der Waals surface area contributed by atoms with Crippen molar-refractivity contribution in [2.75, 3.05) is 5.75 Å². The average molecular weight is 351 g/mol. The summed E-state index contributed by atoms with van der Waals surface area (Å²) >= 11 is 2.37. The highest BCUT2D eigenvalue weighted by atomic mass is 32.2. The molecule has 3 saturated carbocycles. The van der Waals surface area contributed by atoms with Crippen LogP contribution in [0.2, 0.25) is 0 Å². The second-order valence-corrected chi connectivity index (χ2v) is 10.6. The van der Waals surface area contributed by atoms with Gasteiger partial charge in [-0.15, -0.1) is 0 Å². The van der Waals surface area contributed by atoms with Gasteiger partial charge in [-0.2, -0.15) is 11.8 Å². The van der Waals surface area contributed by atoms with Crippen molar-refractivity contribution in [1.29, 1.82) is 0 Å². The molecule has 4 rings (SSSR count). The Balaban J connectivity index is 1.65. The van der Waals surface area contributed by atoms with Crippen LogP contribution < -0.4 is 0 Å². The van der Waals surface area contributed by atoms with E-state index in [4.69, 9.17) is 0 Å². The van der Waals surface area contributed by atoms with E-state index in [-0.39, 0.29) is 0 Å². The maximum atomic E-state index is 2.62. The summed E-state index contributed by atoms with van der Waals surface area (Å²) in [4.78, 5) is 0. The van der Waals surface area contributed by atoms with E-state index in [9.17, 15) is 0 Å². The van der Waals surface area contributed by atoms with Gasteiger partial charge < -0.3 is 0 Å². The summed E-state index contributed by atoms with van der Waals surface area (Å²) in [7, 11) is 0. The molecule has 1 heteroatoms. The van der Waals surface area contributed by atoms with Crippen LogP contribution in [0.5, 0.6) is 0 Å². The van der Waals surface area contributed by atoms with E-state index in [0.29, 0.717) is 0 Å². The Bertz CT molecular complexity index is 352. The fourth-order valence-electron chi connectivity index (χ4n) is 6.41. The summed E-state index contributed by atoms with van der Waals surface area (Å²) in [5, 5.41) is 1.02. The molecule has 6 atom stereocenters. The maximum Gasteiger partial charge on any atom is 0.00809 e. The van der Waals surface area contributed by atoms with Crippen LogP contribution in [0.15, 0.2) is 0 Å². The van der Waals surface area contributed by atoms with Crippen LogP contribution >= 0.6 is 11.8 Å². The van der Waals surface area contributed by atoms with Gasteiger partial charge in [0.1, 0.15) is 0 Å². The van der Waals surface area contributed by atoms with Crippen molar-refractivity contribution in [3.63, 3.8) is 0 Å². The van der Waals surface area contributed by atoms with Crippen LogP contribution in [0.1, 0.15) is 104 Å². The Morgan fingerprint density at radius 1 is 0.792 bits per heavy atom. The average Bonchev–Trinajstić information content (AvgIpc) is 2.98. The molecule has 6 unspecified atom stereocenters. The molecule has 4 bridgehead atoms. The van der Waals surface area contributed by atoms with Gasteiger partial charge in [0, 0.05) is 5.25 Å². The van der Waals surface area contributed by atoms with Crippen LogP contribution in [-0.2, 0) is 0 Å². The molecule has 4 fully saturated rings. The molecule has 0 N–H and O–H groups in total. The molecule has 0 spiro atoms. The lowest BCUT2D eigenvalue weighted by molar-refractivity contribution is 0.0904. The third-order valence-electron chi connectivity index (χ3n) is 7.57. The molecule has 0 nitrogen and oxygen atoms in total. The molecule has 1 heterocycles. The normalized spacial score (nSPS) is 42.2. The zero-order valence-electron chi connectivity index (χ0n) is 16.5. The standard InChI is InChI=1S/C23H42S/c1-3-12-19-13-10-8-6-4-5-7-9-11-14-22-23-18(2)15-20(19)16-21(23)17-24-22/h18-23H,3-17H2,1-2H3. The highest BCUT2D eigenvalue weighted by Crippen LogP contribution is 2.53. The molecule has 24 heavy (non-hydrogen) atoms. The van der Waals surface area contributed by atoms with E-state index < -0.39 is 0 Å². The van der Waals surface area contributed by atoms with Gasteiger partial charge in [0.2, 0.25) is 0 Å². The van der Waals surface area contributed by atoms with Crippen molar-refractivity contribution in [1.82, 2.24) is 0 Å². The molecular weight excluding hydrogens is 308 g/mol. The first kappa shape index (κ1) is 19.1. The Morgan fingerprint density at radius 3 is 2.17 bits per heavy atom. The summed E-state index contributed by atoms with van der Waals surface area (Å²) in [5.41, 5.74) is 0. The van der Waals surface area contributed by atoms with Crippen molar-refractivity contribution in [2.45, 2.75) is 109 Å². The topological polar surface area (TPSA) is 0 Å². The van der Waals surface area contributed by atoms with Crippen molar-refractivity contribution < 1.29 is 0 Å². The van der Waals surface area contributed by atoms with Crippen molar-refractivity contribution in [2.24, 2.45) is 29.6 Å². The number of rotatable bonds is 2. The minimum Gasteiger partial charge on any atom is -0.158 e. The van der Waals surface area contributed by atoms with E-state index in [2.05, 4.69) is 25.6 Å². The van der Waals surface area contributed by atoms with Crippen LogP contribution in [0.4, 0.5) is 0 Å². The first-order valence-corrected chi connectivity index (χ1v) is 12.5. The van der Waals surface area contributed by atoms with Crippen LogP contribution in [0.3, 0.4) is 0 Å². The third kappa shape index (κ3) is 4.95. The number of hydrogen-bond acceptors (Lipinski definition) is 1. The lowest BCUT2D eigenvalue weighted by atomic mass is 9.63. The van der Waals surface area contributed by atoms with Gasteiger partial charge in [0.25, 0.3) is 0 Å². The number of thioether (sulfide) groups is 1. The Morgan fingerprint density at radius 2 is 1.46 bits per heavy atom. The number of fused-ring (bicyclic) bond motifs is 11. The van der Waals surface area contributed by atoms with E-state index in [0.717, 1.165) is 34.8 Å². The van der Waals surface area contributed by atoms with E-state index in [1.165, 1.54) is 76.4 Å². The Kier molecular flexibility index (Phi) is 7.88. The summed E-state index contributed by atoms with van der Waals surface area (Å²) in [6, 6.07) is 0. The molecule has 0 aromatic carbocycles. The van der Waals surface area contributed by atoms with Gasteiger partial charge in [-0.1, -0.05) is 84.5 Å². The highest BCUT2D eigenvalue weighted by molar-refractivity contribution is 8.00. The summed E-state index contributed by atoms with van der Waals surface area (Å²) in [6.07, 6.45) is 21.2. The zero-order chi connectivity index (χ0) is 16.8. The molecule has 0 radical (unpaired) electrons. The highest BCUT2D eigenvalue weighted by Gasteiger charge is 2.45. The van der Waals surface area contributed by atoms with Crippen LogP contribution in [0.25, 0.3) is 0 Å². The predicted molar refractivity (Wildman–Crippen MR) is 110 cm³/mol. The smallest absolute Gasteiger partial charge is 0.00809 e. The Hall–Kier alpha value is 0.350. The van der Waals surface area contributed by atoms with Gasteiger partial charge in [-0.05, 0) is 54.6 Å². The van der Waals surface area contributed by atoms with E-state index >= 15 is 0 Å². The summed E-state index contributed by atoms with van der Waals surface area (Å²) in [5.74, 6) is 6.75. The fourth-order valence-corrected chi connectivity index (χ4v) is 8.31. The number of hydrogen-bond donors (Lipinski definition) is 0. The summed E-state index contributed by atoms with van der Waals surface area (Å²) in [6.45, 7) is 5.03. The van der Waals surface area contributed by atoms with Crippen LogP contribution in [0, 0.1) is 29.6 Å². The van der Waals surface area contributed by atoms with Crippen LogP contribution in [-0.4, -0.2) is 11.0 Å². The van der Waals surface area contributed by atoms with Crippen molar-refractivity contribution >= 4 is 11.8 Å². The Labute approximate surface area is 156 Å². The van der Waals surface area contributed by atoms with Crippen molar-refractivity contribution in [3.05, 3.63) is 0 Å². The third-order valence-corrected chi connectivity index (χ3v) is 9.17. The molecular formula is C23H42S. The first-order valence-electron chi connectivity index (χ1n) is 11.4. The second kappa shape index (κ2) is 9.89. The lowest BCUT2D eigenvalue weighted by Crippen LogP contribution is -2.36. The lowest BCUT2D eigenvalue weighted by Gasteiger charge is -2.42. The summed E-state index contributed by atoms with van der Waals surface area (Å²) < 4.78 is 0. The van der Waals surface area contributed by atoms with Crippen molar-refractivity contribution in [3.8, 4) is 0 Å². The van der Waals surface area contributed by atoms with Gasteiger partial charge in [-0.3, -0.25) is 0 Å². The molecule has 1 aliphatic heterocycles. The first-order chi connectivity index (χ1) is 11.8. The molecule has 0 amide bonds. The molecule has 1 saturated heterocycles. The van der Waals surface area contributed by atoms with Gasteiger partial charge >= 0.3 is 0 Å². The minimum atomic E-state index is 1.00. The fraction of sp³-hybridized carbons (Fsp3) is 1.00. The SMILES string of the molecule is CCCC1CCCCCCCCCCC2SCC3CC1CC(C)C32. The minimum absolute atomic E-state index is 1.00. The molecule has 140 valence electrons. The molecule has 3 aliphatic carbocycles. The predicted octanol–water partition coefficient (Wildman–Crippen LogP) is 7.71. The van der Waals surface area contributed by atoms with E-state index in [1.54, 1.807) is 19.3 Å². The zero-order valence-corrected chi connectivity index (χ0v) is 17.3. The van der Waals surface area contributed by atoms with E-state index in [1.807, 2.05) is 0 Å². The quantitative estimate of drug-likeness (QED) is 0.491. The maximum absolute atomic E-state index is 2.62. The van der Waals surface area contributed by atoms with Gasteiger partial charge in [-0.25, -0.2) is 0 Å². The monoisotopic (exact) mass is 350 g/mol. The molecule has 0 aromatic rings. The second-order valence-electron chi connectivity index (χ2n) is 9.37. The molecule has 0 aromatic heterocycles. The largest absolute Gasteiger partial charge is 0.158 e. The molecule has 4 aliphatic rings. The van der Waals surface area contributed by atoms with Gasteiger partial charge in [0.15, 0.2) is 0 Å². The van der Waals surface area contributed by atoms with Gasteiger partial charge in [0.05, 0.1) is 0 Å².